The Morgan fingerprint density at radius 3 is 1.14 bits per heavy atom. The summed E-state index contributed by atoms with van der Waals surface area (Å²) in [6.07, 6.45) is 5.37. The highest BCUT2D eigenvalue weighted by molar-refractivity contribution is 4.41. The molecule has 0 unspecified atom stereocenters. The van der Waals surface area contributed by atoms with Crippen LogP contribution in [0.2, 0.25) is 0 Å². The van der Waals surface area contributed by atoms with E-state index < -0.39 is 0 Å². The SMILES string of the molecule is C.C.CCC(C)CC.CCCC(C)C. The molecular formula is C14H36. The molecule has 14 heavy (non-hydrogen) atoms. The molecule has 0 N–H and O–H groups in total. The second-order valence-corrected chi connectivity index (χ2v) is 4.10. The lowest BCUT2D eigenvalue weighted by molar-refractivity contribution is 0.544. The Balaban J connectivity index is -0.0000000625. The van der Waals surface area contributed by atoms with Crippen molar-refractivity contribution >= 4 is 0 Å². The second kappa shape index (κ2) is 18.7. The highest BCUT2D eigenvalue weighted by Crippen LogP contribution is 2.02. The standard InChI is InChI=1S/2C6H14.2CH4/c1-4-5-6(2)3;1-4-6(3)5-2;;/h2*6H,4-5H2,1-3H3;2*1H4. The summed E-state index contributed by atoms with van der Waals surface area (Å²) in [6.45, 7) is 13.5. The maximum Gasteiger partial charge on any atom is -0.0448 e. The molecule has 0 aromatic heterocycles. The van der Waals surface area contributed by atoms with E-state index in [9.17, 15) is 0 Å². The van der Waals surface area contributed by atoms with Gasteiger partial charge in [-0.15, -0.1) is 0 Å². The largest absolute Gasteiger partial charge is 0.0776 e. The Labute approximate surface area is 94.5 Å². The van der Waals surface area contributed by atoms with Gasteiger partial charge >= 0.3 is 0 Å². The van der Waals surface area contributed by atoms with Crippen LogP contribution >= 0.6 is 0 Å². The minimum Gasteiger partial charge on any atom is -0.0776 e. The minimum atomic E-state index is 0. The van der Waals surface area contributed by atoms with Crippen molar-refractivity contribution in [3.05, 3.63) is 0 Å². The van der Waals surface area contributed by atoms with Crippen molar-refractivity contribution in [2.75, 3.05) is 0 Å². The van der Waals surface area contributed by atoms with Gasteiger partial charge in [0.1, 0.15) is 0 Å². The predicted molar refractivity (Wildman–Crippen MR) is 73.0 cm³/mol. The molecule has 0 radical (unpaired) electrons. The van der Waals surface area contributed by atoms with Crippen LogP contribution in [-0.4, -0.2) is 0 Å². The third-order valence-electron chi connectivity index (χ3n) is 2.26. The molecule has 0 heterocycles. The number of hydrogen-bond donors (Lipinski definition) is 0. The summed E-state index contributed by atoms with van der Waals surface area (Å²) in [4.78, 5) is 0. The van der Waals surface area contributed by atoms with Crippen molar-refractivity contribution in [1.29, 1.82) is 0 Å². The molecule has 0 bridgehead atoms. The monoisotopic (exact) mass is 204 g/mol. The first-order chi connectivity index (χ1) is 5.58. The van der Waals surface area contributed by atoms with Crippen LogP contribution in [0.1, 0.15) is 82.1 Å². The molecule has 0 heteroatoms. The van der Waals surface area contributed by atoms with Gasteiger partial charge in [-0.25, -0.2) is 0 Å². The number of hydrogen-bond acceptors (Lipinski definition) is 0. The third-order valence-corrected chi connectivity index (χ3v) is 2.26. The van der Waals surface area contributed by atoms with Gasteiger partial charge < -0.3 is 0 Å². The normalized spacial score (nSPS) is 8.57. The summed E-state index contributed by atoms with van der Waals surface area (Å²) in [5, 5.41) is 0. The molecule has 0 saturated carbocycles. The molecule has 0 saturated heterocycles. The summed E-state index contributed by atoms with van der Waals surface area (Å²) in [5.41, 5.74) is 0. The minimum absolute atomic E-state index is 0. The van der Waals surface area contributed by atoms with Gasteiger partial charge in [0, 0.05) is 0 Å². The van der Waals surface area contributed by atoms with Crippen LogP contribution in [0.5, 0.6) is 0 Å². The molecule has 0 aromatic rings. The highest BCUT2D eigenvalue weighted by atomic mass is 13.9. The first kappa shape index (κ1) is 23.7. The molecule has 0 rings (SSSR count). The number of rotatable bonds is 4. The smallest absolute Gasteiger partial charge is 0.0448 e. The second-order valence-electron chi connectivity index (χ2n) is 4.10. The molecule has 0 aromatic carbocycles. The first-order valence-electron chi connectivity index (χ1n) is 5.58. The zero-order valence-corrected chi connectivity index (χ0v) is 9.98. The van der Waals surface area contributed by atoms with E-state index in [1.165, 1.54) is 25.7 Å². The van der Waals surface area contributed by atoms with Crippen LogP contribution in [0.3, 0.4) is 0 Å². The molecule has 0 atom stereocenters. The third kappa shape index (κ3) is 29.6. The molecule has 0 spiro atoms. The molecule has 92 valence electrons. The van der Waals surface area contributed by atoms with Crippen molar-refractivity contribution < 1.29 is 0 Å². The maximum atomic E-state index is 2.28. The lowest BCUT2D eigenvalue weighted by atomic mass is 10.1. The Morgan fingerprint density at radius 2 is 1.14 bits per heavy atom. The Kier molecular flexibility index (Phi) is 31.6. The molecular weight excluding hydrogens is 168 g/mol. The maximum absolute atomic E-state index is 2.28. The van der Waals surface area contributed by atoms with Crippen molar-refractivity contribution in [3.63, 3.8) is 0 Å². The highest BCUT2D eigenvalue weighted by Gasteiger charge is 1.88. The van der Waals surface area contributed by atoms with Crippen LogP contribution in [0.15, 0.2) is 0 Å². The molecule has 0 aliphatic carbocycles. The van der Waals surface area contributed by atoms with E-state index in [1.807, 2.05) is 0 Å². The fourth-order valence-electron chi connectivity index (χ4n) is 0.866. The molecule has 0 fully saturated rings. The van der Waals surface area contributed by atoms with Crippen molar-refractivity contribution in [1.82, 2.24) is 0 Å². The first-order valence-corrected chi connectivity index (χ1v) is 5.58. The van der Waals surface area contributed by atoms with Crippen molar-refractivity contribution in [2.45, 2.75) is 82.1 Å². The fourth-order valence-corrected chi connectivity index (χ4v) is 0.866. The van der Waals surface area contributed by atoms with Crippen LogP contribution in [0.4, 0.5) is 0 Å². The van der Waals surface area contributed by atoms with Gasteiger partial charge in [-0.2, -0.15) is 0 Å². The molecule has 0 aliphatic heterocycles. The van der Waals surface area contributed by atoms with Crippen LogP contribution in [-0.2, 0) is 0 Å². The lowest BCUT2D eigenvalue weighted by Gasteiger charge is -1.98. The molecule has 0 nitrogen and oxygen atoms in total. The topological polar surface area (TPSA) is 0 Å². The van der Waals surface area contributed by atoms with Gasteiger partial charge in [-0.3, -0.25) is 0 Å². The molecule has 0 amide bonds. The fraction of sp³-hybridized carbons (Fsp3) is 1.00. The van der Waals surface area contributed by atoms with E-state index in [0.29, 0.717) is 0 Å². The Morgan fingerprint density at radius 1 is 0.786 bits per heavy atom. The van der Waals surface area contributed by atoms with Gasteiger partial charge in [0.25, 0.3) is 0 Å². The summed E-state index contributed by atoms with van der Waals surface area (Å²) < 4.78 is 0. The van der Waals surface area contributed by atoms with E-state index in [0.717, 1.165) is 11.8 Å². The average molecular weight is 204 g/mol. The van der Waals surface area contributed by atoms with Gasteiger partial charge in [0.2, 0.25) is 0 Å². The summed E-state index contributed by atoms with van der Waals surface area (Å²) in [7, 11) is 0. The zero-order chi connectivity index (χ0) is 9.98. The van der Waals surface area contributed by atoms with E-state index in [-0.39, 0.29) is 14.9 Å². The zero-order valence-electron chi connectivity index (χ0n) is 9.98. The average Bonchev–Trinajstić information content (AvgIpc) is 2.04. The van der Waals surface area contributed by atoms with E-state index >= 15 is 0 Å². The van der Waals surface area contributed by atoms with Crippen LogP contribution < -0.4 is 0 Å². The van der Waals surface area contributed by atoms with Gasteiger partial charge in [-0.05, 0) is 11.8 Å². The van der Waals surface area contributed by atoms with Gasteiger partial charge in [0.15, 0.2) is 0 Å². The van der Waals surface area contributed by atoms with E-state index in [2.05, 4.69) is 41.5 Å². The quantitative estimate of drug-likeness (QED) is 0.514. The van der Waals surface area contributed by atoms with Crippen molar-refractivity contribution in [3.8, 4) is 0 Å². The summed E-state index contributed by atoms with van der Waals surface area (Å²) >= 11 is 0. The van der Waals surface area contributed by atoms with E-state index in [1.54, 1.807) is 0 Å². The predicted octanol–water partition coefficient (Wildman–Crippen LogP) is 6.16. The Hall–Kier alpha value is 0. The van der Waals surface area contributed by atoms with Crippen LogP contribution in [0.25, 0.3) is 0 Å². The van der Waals surface area contributed by atoms with Gasteiger partial charge in [0.05, 0.1) is 0 Å². The van der Waals surface area contributed by atoms with E-state index in [4.69, 9.17) is 0 Å². The summed E-state index contributed by atoms with van der Waals surface area (Å²) in [6, 6.07) is 0. The molecule has 0 aliphatic rings. The summed E-state index contributed by atoms with van der Waals surface area (Å²) in [5.74, 6) is 1.83. The van der Waals surface area contributed by atoms with Crippen LogP contribution in [0, 0.1) is 11.8 Å². The lowest BCUT2D eigenvalue weighted by Crippen LogP contribution is -1.85. The van der Waals surface area contributed by atoms with Gasteiger partial charge in [-0.1, -0.05) is 82.1 Å². The van der Waals surface area contributed by atoms with Crippen molar-refractivity contribution in [2.24, 2.45) is 11.8 Å². The Bertz CT molecular complexity index is 60.4.